The number of phenols is 1. The van der Waals surface area contributed by atoms with E-state index in [9.17, 15) is 23.4 Å². The summed E-state index contributed by atoms with van der Waals surface area (Å²) in [6, 6.07) is 6.28. The molecule has 2 aromatic carbocycles. The molecule has 0 saturated carbocycles. The van der Waals surface area contributed by atoms with E-state index in [0.29, 0.717) is 28.6 Å². The van der Waals surface area contributed by atoms with Gasteiger partial charge >= 0.3 is 6.18 Å². The molecule has 1 heterocycles. The number of H-pyrrole nitrogens is 1. The normalized spacial score (nSPS) is 24.5. The summed E-state index contributed by atoms with van der Waals surface area (Å²) in [5.41, 5.74) is -1.49. The summed E-state index contributed by atoms with van der Waals surface area (Å²) < 4.78 is 42.4. The van der Waals surface area contributed by atoms with Gasteiger partial charge in [0.05, 0.1) is 22.8 Å². The number of fused-ring (bicyclic) bond motifs is 2. The monoisotopic (exact) mass is 425 g/mol. The number of aromatic amines is 1. The minimum Gasteiger partial charge on any atom is -0.506 e. The third-order valence-corrected chi connectivity index (χ3v) is 6.03. The predicted octanol–water partition coefficient (Wildman–Crippen LogP) is 5.27. The van der Waals surface area contributed by atoms with Crippen LogP contribution in [0.5, 0.6) is 5.75 Å². The van der Waals surface area contributed by atoms with Crippen LogP contribution in [0.1, 0.15) is 42.9 Å². The number of phenolic OH excluding ortho intramolecular Hbond substituents is 1. The lowest BCUT2D eigenvalue weighted by Crippen LogP contribution is -2.55. The van der Waals surface area contributed by atoms with Crippen molar-refractivity contribution in [3.05, 3.63) is 52.7 Å². The molecular formula is C20H19ClF3N3O2. The van der Waals surface area contributed by atoms with Crippen LogP contribution >= 0.6 is 11.6 Å². The summed E-state index contributed by atoms with van der Waals surface area (Å²) in [5.74, 6) is -0.938. The molecule has 154 valence electrons. The fourth-order valence-corrected chi connectivity index (χ4v) is 4.37. The van der Waals surface area contributed by atoms with E-state index in [1.54, 1.807) is 25.1 Å². The number of alkyl halides is 3. The fraction of sp³-hybridized carbons (Fsp3) is 0.350. The number of aromatic hydroxyl groups is 1. The predicted molar refractivity (Wildman–Crippen MR) is 104 cm³/mol. The number of hydrogen-bond acceptors (Lipinski definition) is 4. The number of benzene rings is 2. The van der Waals surface area contributed by atoms with E-state index >= 15 is 0 Å². The molecule has 4 N–H and O–H groups in total. The van der Waals surface area contributed by atoms with Crippen molar-refractivity contribution in [3.63, 3.8) is 0 Å². The van der Waals surface area contributed by atoms with E-state index in [2.05, 4.69) is 15.5 Å². The standard InChI is InChI=1S/C20H19ClF3N3O2/c1-2-10-8-19(29,20(22,23)24)18(11-6-7-13(21)17(28)16(10)11)26-14-4-3-5-15-12(14)9-25-27-15/h3-7,9-10,18,26,28-29H,2,8H2,1H3,(H,25,27)/t10-,18+,19-/m1/s1. The van der Waals surface area contributed by atoms with Gasteiger partial charge in [-0.2, -0.15) is 18.3 Å². The van der Waals surface area contributed by atoms with Gasteiger partial charge in [0.25, 0.3) is 0 Å². The van der Waals surface area contributed by atoms with Gasteiger partial charge in [-0.1, -0.05) is 30.7 Å². The molecule has 1 aliphatic rings. The van der Waals surface area contributed by atoms with Gasteiger partial charge in [-0.3, -0.25) is 5.10 Å². The Morgan fingerprint density at radius 2 is 2.07 bits per heavy atom. The molecule has 0 spiro atoms. The highest BCUT2D eigenvalue weighted by atomic mass is 35.5. The molecule has 4 rings (SSSR count). The highest BCUT2D eigenvalue weighted by molar-refractivity contribution is 6.32. The zero-order valence-corrected chi connectivity index (χ0v) is 16.1. The van der Waals surface area contributed by atoms with Gasteiger partial charge in [0, 0.05) is 16.6 Å². The van der Waals surface area contributed by atoms with Crippen LogP contribution in [-0.2, 0) is 0 Å². The number of rotatable bonds is 3. The molecule has 3 aromatic rings. The zero-order valence-electron chi connectivity index (χ0n) is 15.4. The lowest BCUT2D eigenvalue weighted by Gasteiger charge is -2.46. The van der Waals surface area contributed by atoms with Crippen molar-refractivity contribution in [3.8, 4) is 5.75 Å². The number of halogens is 4. The first kappa shape index (κ1) is 19.8. The maximum absolute atomic E-state index is 14.1. The van der Waals surface area contributed by atoms with E-state index < -0.39 is 30.2 Å². The van der Waals surface area contributed by atoms with E-state index in [1.807, 2.05) is 0 Å². The van der Waals surface area contributed by atoms with E-state index in [-0.39, 0.29) is 16.3 Å². The summed E-state index contributed by atoms with van der Waals surface area (Å²) in [6.45, 7) is 1.71. The van der Waals surface area contributed by atoms with Crippen LogP contribution in [0.3, 0.4) is 0 Å². The summed E-state index contributed by atoms with van der Waals surface area (Å²) in [7, 11) is 0. The second-order valence-electron chi connectivity index (χ2n) is 7.34. The quantitative estimate of drug-likeness (QED) is 0.461. The minimum absolute atomic E-state index is 0.0651. The van der Waals surface area contributed by atoms with Crippen LogP contribution in [0.25, 0.3) is 10.9 Å². The van der Waals surface area contributed by atoms with Crippen molar-refractivity contribution in [2.24, 2.45) is 0 Å². The molecule has 3 atom stereocenters. The molecule has 9 heteroatoms. The molecule has 0 bridgehead atoms. The Bertz CT molecular complexity index is 1070. The molecule has 1 aromatic heterocycles. The second-order valence-corrected chi connectivity index (χ2v) is 7.75. The average molecular weight is 426 g/mol. The summed E-state index contributed by atoms with van der Waals surface area (Å²) in [6.07, 6.45) is -3.67. The second kappa shape index (κ2) is 6.81. The molecule has 0 fully saturated rings. The Hall–Kier alpha value is -2.45. The van der Waals surface area contributed by atoms with Crippen molar-refractivity contribution < 1.29 is 23.4 Å². The van der Waals surface area contributed by atoms with Gasteiger partial charge < -0.3 is 15.5 Å². The SMILES string of the molecule is CC[C@@H]1C[C@](O)(C(F)(F)F)[C@@H](Nc2cccc3[nH]ncc23)c2ccc(Cl)c(O)c21. The Kier molecular flexibility index (Phi) is 4.66. The van der Waals surface area contributed by atoms with Crippen LogP contribution in [0.4, 0.5) is 18.9 Å². The van der Waals surface area contributed by atoms with Crippen molar-refractivity contribution in [1.82, 2.24) is 10.2 Å². The van der Waals surface area contributed by atoms with E-state index in [1.165, 1.54) is 18.3 Å². The molecule has 0 radical (unpaired) electrons. The summed E-state index contributed by atoms with van der Waals surface area (Å²) >= 11 is 6.03. The van der Waals surface area contributed by atoms with Gasteiger partial charge in [-0.25, -0.2) is 0 Å². The van der Waals surface area contributed by atoms with E-state index in [0.717, 1.165) is 0 Å². The Morgan fingerprint density at radius 1 is 1.31 bits per heavy atom. The fourth-order valence-electron chi connectivity index (χ4n) is 4.21. The lowest BCUT2D eigenvalue weighted by atomic mass is 9.69. The number of anilines is 1. The number of aliphatic hydroxyl groups is 1. The first-order valence-electron chi connectivity index (χ1n) is 9.16. The third kappa shape index (κ3) is 3.02. The van der Waals surface area contributed by atoms with Gasteiger partial charge in [-0.05, 0) is 42.5 Å². The van der Waals surface area contributed by atoms with Crippen LogP contribution in [0.2, 0.25) is 5.02 Å². The van der Waals surface area contributed by atoms with Crippen molar-refractivity contribution in [2.75, 3.05) is 5.32 Å². The van der Waals surface area contributed by atoms with Gasteiger partial charge in [-0.15, -0.1) is 0 Å². The highest BCUT2D eigenvalue weighted by Crippen LogP contribution is 2.56. The lowest BCUT2D eigenvalue weighted by molar-refractivity contribution is -0.272. The third-order valence-electron chi connectivity index (χ3n) is 5.72. The number of nitrogens with one attached hydrogen (secondary N) is 2. The smallest absolute Gasteiger partial charge is 0.419 e. The molecule has 0 saturated heterocycles. The molecule has 29 heavy (non-hydrogen) atoms. The van der Waals surface area contributed by atoms with Gasteiger partial charge in [0.2, 0.25) is 0 Å². The number of aromatic nitrogens is 2. The molecule has 0 unspecified atom stereocenters. The Morgan fingerprint density at radius 3 is 2.76 bits per heavy atom. The molecular weight excluding hydrogens is 407 g/mol. The highest BCUT2D eigenvalue weighted by Gasteiger charge is 2.62. The number of nitrogens with zero attached hydrogens (tertiary/aromatic N) is 1. The number of hydrogen-bond donors (Lipinski definition) is 4. The molecule has 5 nitrogen and oxygen atoms in total. The van der Waals surface area contributed by atoms with Gasteiger partial charge in [0.1, 0.15) is 5.75 Å². The van der Waals surface area contributed by atoms with Crippen molar-refractivity contribution in [1.29, 1.82) is 0 Å². The summed E-state index contributed by atoms with van der Waals surface area (Å²) in [5, 5.41) is 31.7. The molecule has 1 aliphatic carbocycles. The first-order valence-corrected chi connectivity index (χ1v) is 9.54. The van der Waals surface area contributed by atoms with Gasteiger partial charge in [0.15, 0.2) is 5.60 Å². The van der Waals surface area contributed by atoms with Crippen LogP contribution in [0, 0.1) is 0 Å². The maximum Gasteiger partial charge on any atom is 0.419 e. The van der Waals surface area contributed by atoms with E-state index in [4.69, 9.17) is 11.6 Å². The van der Waals surface area contributed by atoms with Crippen LogP contribution in [-0.4, -0.2) is 32.2 Å². The summed E-state index contributed by atoms with van der Waals surface area (Å²) in [4.78, 5) is 0. The van der Waals surface area contributed by atoms with Crippen molar-refractivity contribution in [2.45, 2.75) is 43.5 Å². The van der Waals surface area contributed by atoms with Crippen LogP contribution < -0.4 is 5.32 Å². The van der Waals surface area contributed by atoms with Crippen molar-refractivity contribution >= 4 is 28.2 Å². The average Bonchev–Trinajstić information content (AvgIpc) is 3.15. The largest absolute Gasteiger partial charge is 0.506 e. The van der Waals surface area contributed by atoms with Crippen LogP contribution in [0.15, 0.2) is 36.5 Å². The topological polar surface area (TPSA) is 81.2 Å². The minimum atomic E-state index is -4.89. The molecule has 0 aliphatic heterocycles. The molecule has 0 amide bonds. The Labute approximate surface area is 169 Å². The Balaban J connectivity index is 1.92. The first-order chi connectivity index (χ1) is 13.7. The zero-order chi connectivity index (χ0) is 21.0. The maximum atomic E-state index is 14.1.